The Labute approximate surface area is 150 Å². The Hall–Kier alpha value is -2.78. The number of hydrogen-bond acceptors (Lipinski definition) is 6. The predicted molar refractivity (Wildman–Crippen MR) is 91.8 cm³/mol. The molecule has 0 N–H and O–H groups in total. The third kappa shape index (κ3) is 3.06. The lowest BCUT2D eigenvalue weighted by Crippen LogP contribution is -2.20. The SMILES string of the molecule is COC(=O)C1C(c2ccc([N+](=O)[O-])cc2)N1S(=O)(=O)c1ccc(C)cc1. The van der Waals surface area contributed by atoms with Crippen LogP contribution in [0.15, 0.2) is 53.4 Å². The molecule has 26 heavy (non-hydrogen) atoms. The number of esters is 1. The molecule has 0 saturated carbocycles. The number of aryl methyl sites for hydroxylation is 1. The van der Waals surface area contributed by atoms with E-state index >= 15 is 0 Å². The summed E-state index contributed by atoms with van der Waals surface area (Å²) < 4.78 is 31.6. The number of ether oxygens (including phenoxy) is 1. The molecule has 136 valence electrons. The highest BCUT2D eigenvalue weighted by molar-refractivity contribution is 7.89. The molecule has 1 aliphatic rings. The smallest absolute Gasteiger partial charge is 0.326 e. The van der Waals surface area contributed by atoms with Gasteiger partial charge < -0.3 is 4.74 Å². The predicted octanol–water partition coefficient (Wildman–Crippen LogP) is 2.19. The molecule has 0 bridgehead atoms. The Bertz CT molecular complexity index is 954. The monoisotopic (exact) mass is 376 g/mol. The maximum atomic E-state index is 12.9. The molecule has 1 aliphatic heterocycles. The highest BCUT2D eigenvalue weighted by Gasteiger charge is 2.61. The van der Waals surface area contributed by atoms with E-state index < -0.39 is 33.0 Å². The summed E-state index contributed by atoms with van der Waals surface area (Å²) in [5, 5.41) is 10.8. The molecule has 2 aromatic rings. The highest BCUT2D eigenvalue weighted by atomic mass is 32.2. The number of methoxy groups -OCH3 is 1. The molecule has 2 aromatic carbocycles. The van der Waals surface area contributed by atoms with Crippen LogP contribution in [0.3, 0.4) is 0 Å². The molecule has 0 aromatic heterocycles. The van der Waals surface area contributed by atoms with Gasteiger partial charge in [0, 0.05) is 12.1 Å². The zero-order valence-electron chi connectivity index (χ0n) is 14.0. The first-order chi connectivity index (χ1) is 12.3. The van der Waals surface area contributed by atoms with Crippen LogP contribution in [0.2, 0.25) is 0 Å². The molecular formula is C17H16N2O6S. The third-order valence-electron chi connectivity index (χ3n) is 4.24. The molecule has 1 heterocycles. The fourth-order valence-electron chi connectivity index (χ4n) is 2.82. The topological polar surface area (TPSA) is 107 Å². The van der Waals surface area contributed by atoms with Crippen LogP contribution in [0.4, 0.5) is 5.69 Å². The van der Waals surface area contributed by atoms with Crippen molar-refractivity contribution in [3.63, 3.8) is 0 Å². The third-order valence-corrected chi connectivity index (χ3v) is 6.12. The van der Waals surface area contributed by atoms with Crippen molar-refractivity contribution < 1.29 is 22.9 Å². The normalized spacial score (nSPS) is 21.8. The first kappa shape index (κ1) is 18.0. The summed E-state index contributed by atoms with van der Waals surface area (Å²) in [6, 6.07) is 10.00. The average molecular weight is 376 g/mol. The van der Waals surface area contributed by atoms with E-state index in [-0.39, 0.29) is 10.6 Å². The second-order valence-electron chi connectivity index (χ2n) is 5.91. The zero-order valence-corrected chi connectivity index (χ0v) is 14.8. The minimum Gasteiger partial charge on any atom is -0.468 e. The Kier molecular flexibility index (Phi) is 4.51. The first-order valence-electron chi connectivity index (χ1n) is 7.70. The van der Waals surface area contributed by atoms with Crippen LogP contribution in [0.25, 0.3) is 0 Å². The highest BCUT2D eigenvalue weighted by Crippen LogP contribution is 2.48. The van der Waals surface area contributed by atoms with Crippen molar-refractivity contribution in [2.45, 2.75) is 23.9 Å². The number of rotatable bonds is 5. The lowest BCUT2D eigenvalue weighted by atomic mass is 10.1. The number of nitro benzene ring substituents is 1. The molecule has 9 heteroatoms. The van der Waals surface area contributed by atoms with E-state index in [2.05, 4.69) is 0 Å². The van der Waals surface area contributed by atoms with Gasteiger partial charge in [-0.15, -0.1) is 0 Å². The van der Waals surface area contributed by atoms with E-state index in [0.29, 0.717) is 5.56 Å². The van der Waals surface area contributed by atoms with Gasteiger partial charge in [-0.2, -0.15) is 4.31 Å². The van der Waals surface area contributed by atoms with Crippen molar-refractivity contribution in [3.8, 4) is 0 Å². The lowest BCUT2D eigenvalue weighted by molar-refractivity contribution is -0.384. The number of nitrogens with zero attached hydrogens (tertiary/aromatic N) is 2. The van der Waals surface area contributed by atoms with Gasteiger partial charge in [-0.3, -0.25) is 14.9 Å². The molecule has 0 radical (unpaired) electrons. The first-order valence-corrected chi connectivity index (χ1v) is 9.14. The van der Waals surface area contributed by atoms with Gasteiger partial charge in [-0.25, -0.2) is 8.42 Å². The van der Waals surface area contributed by atoms with Crippen LogP contribution < -0.4 is 0 Å². The Balaban J connectivity index is 1.97. The van der Waals surface area contributed by atoms with E-state index in [1.165, 1.54) is 43.5 Å². The number of nitro groups is 1. The Morgan fingerprint density at radius 3 is 2.19 bits per heavy atom. The summed E-state index contributed by atoms with van der Waals surface area (Å²) in [5.41, 5.74) is 1.28. The Morgan fingerprint density at radius 1 is 1.12 bits per heavy atom. The van der Waals surface area contributed by atoms with Crippen LogP contribution in [0.5, 0.6) is 0 Å². The van der Waals surface area contributed by atoms with Gasteiger partial charge in [0.15, 0.2) is 0 Å². The van der Waals surface area contributed by atoms with Crippen molar-refractivity contribution in [1.29, 1.82) is 0 Å². The quantitative estimate of drug-likeness (QED) is 0.343. The summed E-state index contributed by atoms with van der Waals surface area (Å²) >= 11 is 0. The molecule has 0 spiro atoms. The van der Waals surface area contributed by atoms with Crippen molar-refractivity contribution >= 4 is 21.7 Å². The number of carbonyl (C=O) groups excluding carboxylic acids is 1. The standard InChI is InChI=1S/C17H16N2O6S/c1-11-3-9-14(10-4-11)26(23,24)18-15(16(18)17(20)25-2)12-5-7-13(8-6-12)19(21)22/h3-10,15-16H,1-2H3. The minimum atomic E-state index is -3.91. The molecular weight excluding hydrogens is 360 g/mol. The van der Waals surface area contributed by atoms with Gasteiger partial charge >= 0.3 is 5.97 Å². The Morgan fingerprint density at radius 2 is 1.69 bits per heavy atom. The number of benzene rings is 2. The van der Waals surface area contributed by atoms with E-state index in [9.17, 15) is 23.3 Å². The minimum absolute atomic E-state index is 0.0708. The van der Waals surface area contributed by atoms with E-state index in [4.69, 9.17) is 4.74 Å². The molecule has 3 atom stereocenters. The van der Waals surface area contributed by atoms with Gasteiger partial charge in [0.1, 0.15) is 6.04 Å². The molecule has 3 unspecified atom stereocenters. The van der Waals surface area contributed by atoms with Crippen LogP contribution in [-0.4, -0.2) is 36.8 Å². The van der Waals surface area contributed by atoms with E-state index in [1.54, 1.807) is 12.1 Å². The number of non-ortho nitro benzene ring substituents is 1. The van der Waals surface area contributed by atoms with Crippen LogP contribution in [0.1, 0.15) is 17.2 Å². The fraction of sp³-hybridized carbons (Fsp3) is 0.235. The van der Waals surface area contributed by atoms with Crippen molar-refractivity contribution in [2.24, 2.45) is 0 Å². The second-order valence-corrected chi connectivity index (χ2v) is 7.75. The lowest BCUT2D eigenvalue weighted by Gasteiger charge is -2.07. The number of sulfonamides is 1. The number of hydrogen-bond donors (Lipinski definition) is 0. The summed E-state index contributed by atoms with van der Waals surface area (Å²) in [5.74, 6) is -0.677. The molecule has 0 aliphatic carbocycles. The molecule has 3 rings (SSSR count). The van der Waals surface area contributed by atoms with E-state index in [1.807, 2.05) is 6.92 Å². The summed E-state index contributed by atoms with van der Waals surface area (Å²) in [4.78, 5) is 22.3. The van der Waals surface area contributed by atoms with Gasteiger partial charge in [0.25, 0.3) is 5.69 Å². The molecule has 0 amide bonds. The number of carbonyl (C=O) groups is 1. The molecule has 1 saturated heterocycles. The average Bonchev–Trinajstić information content (AvgIpc) is 3.38. The van der Waals surface area contributed by atoms with Crippen molar-refractivity contribution in [2.75, 3.05) is 7.11 Å². The summed E-state index contributed by atoms with van der Waals surface area (Å²) in [6.07, 6.45) is 0. The largest absolute Gasteiger partial charge is 0.468 e. The second kappa shape index (κ2) is 6.50. The molecule has 1 fully saturated rings. The summed E-state index contributed by atoms with van der Waals surface area (Å²) in [7, 11) is -2.73. The van der Waals surface area contributed by atoms with Crippen molar-refractivity contribution in [3.05, 3.63) is 69.8 Å². The fourth-order valence-corrected chi connectivity index (χ4v) is 4.52. The van der Waals surface area contributed by atoms with E-state index in [0.717, 1.165) is 9.87 Å². The van der Waals surface area contributed by atoms with Gasteiger partial charge in [0.05, 0.1) is 23.0 Å². The van der Waals surface area contributed by atoms with Gasteiger partial charge in [0.2, 0.25) is 10.0 Å². The maximum Gasteiger partial charge on any atom is 0.326 e. The maximum absolute atomic E-state index is 12.9. The van der Waals surface area contributed by atoms with Crippen molar-refractivity contribution in [1.82, 2.24) is 4.31 Å². The van der Waals surface area contributed by atoms with Gasteiger partial charge in [-0.05, 0) is 24.6 Å². The van der Waals surface area contributed by atoms with Crippen LogP contribution in [0, 0.1) is 17.0 Å². The molecule has 8 nitrogen and oxygen atoms in total. The zero-order chi connectivity index (χ0) is 19.1. The van der Waals surface area contributed by atoms with Crippen LogP contribution in [-0.2, 0) is 19.6 Å². The van der Waals surface area contributed by atoms with Gasteiger partial charge in [-0.1, -0.05) is 29.8 Å². The van der Waals surface area contributed by atoms with Crippen LogP contribution >= 0.6 is 0 Å². The summed E-state index contributed by atoms with van der Waals surface area (Å²) in [6.45, 7) is 1.84.